The molecule has 1 rings (SSSR count). The lowest BCUT2D eigenvalue weighted by molar-refractivity contribution is -0.0420. The molecule has 2 nitrogen and oxygen atoms in total. The van der Waals surface area contributed by atoms with Gasteiger partial charge in [-0.15, -0.1) is 0 Å². The van der Waals surface area contributed by atoms with Gasteiger partial charge in [-0.2, -0.15) is 0 Å². The minimum Gasteiger partial charge on any atom is -0.386 e. The van der Waals surface area contributed by atoms with Gasteiger partial charge in [0.05, 0.1) is 0 Å². The van der Waals surface area contributed by atoms with Crippen LogP contribution in [0, 0.1) is 11.8 Å². The molecule has 1 saturated heterocycles. The molecular weight excluding hydrogens is 282 g/mol. The van der Waals surface area contributed by atoms with Crippen LogP contribution in [0.25, 0.3) is 0 Å². The molecule has 1 heterocycles. The first-order valence-corrected chi connectivity index (χ1v) is 8.72. The van der Waals surface area contributed by atoms with Crippen LogP contribution in [0.1, 0.15) is 59.8 Å². The standard InChI is InChI=1S/C18H34F2N2/c1-14(2)6-9-18(19,20)12-17-7-10-22(11-8-17)13-16(5)21-15(3)4/h14-15,17,21H,5-13H2,1-4H3. The summed E-state index contributed by atoms with van der Waals surface area (Å²) in [5, 5.41) is 3.31. The smallest absolute Gasteiger partial charge is 0.248 e. The van der Waals surface area contributed by atoms with Crippen molar-refractivity contribution in [1.29, 1.82) is 0 Å². The number of nitrogens with zero attached hydrogens (tertiary/aromatic N) is 1. The minimum atomic E-state index is -2.49. The van der Waals surface area contributed by atoms with Gasteiger partial charge in [0.1, 0.15) is 0 Å². The van der Waals surface area contributed by atoms with Crippen LogP contribution >= 0.6 is 0 Å². The van der Waals surface area contributed by atoms with Crippen LogP contribution in [0.4, 0.5) is 8.78 Å². The Hall–Kier alpha value is -0.640. The van der Waals surface area contributed by atoms with E-state index >= 15 is 0 Å². The third-order valence-electron chi connectivity index (χ3n) is 4.29. The summed E-state index contributed by atoms with van der Waals surface area (Å²) in [6.07, 6.45) is 2.49. The van der Waals surface area contributed by atoms with E-state index in [9.17, 15) is 8.78 Å². The van der Waals surface area contributed by atoms with E-state index in [1.165, 1.54) is 0 Å². The first-order valence-electron chi connectivity index (χ1n) is 8.72. The lowest BCUT2D eigenvalue weighted by Gasteiger charge is -2.34. The molecule has 1 aliphatic rings. The highest BCUT2D eigenvalue weighted by Gasteiger charge is 2.33. The van der Waals surface area contributed by atoms with Crippen LogP contribution in [0.5, 0.6) is 0 Å². The Morgan fingerprint density at radius 1 is 1.23 bits per heavy atom. The number of hydrogen-bond donors (Lipinski definition) is 1. The molecule has 1 aliphatic heterocycles. The van der Waals surface area contributed by atoms with Gasteiger partial charge in [-0.05, 0) is 58.0 Å². The van der Waals surface area contributed by atoms with Crippen LogP contribution in [-0.2, 0) is 0 Å². The normalized spacial score (nSPS) is 18.2. The van der Waals surface area contributed by atoms with E-state index < -0.39 is 5.92 Å². The highest BCUT2D eigenvalue weighted by atomic mass is 19.3. The number of rotatable bonds is 9. The minimum absolute atomic E-state index is 0.0417. The zero-order chi connectivity index (χ0) is 16.8. The Balaban J connectivity index is 2.28. The Kier molecular flexibility index (Phi) is 7.81. The third-order valence-corrected chi connectivity index (χ3v) is 4.29. The second-order valence-electron chi connectivity index (χ2n) is 7.61. The molecule has 0 atom stereocenters. The summed E-state index contributed by atoms with van der Waals surface area (Å²) in [5.41, 5.74) is 1.02. The summed E-state index contributed by atoms with van der Waals surface area (Å²) in [6, 6.07) is 0.393. The zero-order valence-corrected chi connectivity index (χ0v) is 14.8. The van der Waals surface area contributed by atoms with Crippen molar-refractivity contribution in [1.82, 2.24) is 10.2 Å². The highest BCUT2D eigenvalue weighted by Crippen LogP contribution is 2.34. The molecule has 0 aliphatic carbocycles. The molecule has 0 unspecified atom stereocenters. The van der Waals surface area contributed by atoms with E-state index in [0.29, 0.717) is 18.4 Å². The van der Waals surface area contributed by atoms with Crippen molar-refractivity contribution in [3.8, 4) is 0 Å². The monoisotopic (exact) mass is 316 g/mol. The van der Waals surface area contributed by atoms with E-state index in [2.05, 4.69) is 30.6 Å². The van der Waals surface area contributed by atoms with Gasteiger partial charge in [0.15, 0.2) is 0 Å². The van der Waals surface area contributed by atoms with Crippen LogP contribution in [-0.4, -0.2) is 36.5 Å². The summed E-state index contributed by atoms with van der Waals surface area (Å²) in [6.45, 7) is 14.9. The molecule has 22 heavy (non-hydrogen) atoms. The SMILES string of the molecule is C=C(CN1CCC(CC(F)(F)CCC(C)C)CC1)NC(C)C. The first kappa shape index (κ1) is 19.4. The van der Waals surface area contributed by atoms with E-state index in [0.717, 1.165) is 38.2 Å². The quantitative estimate of drug-likeness (QED) is 0.665. The van der Waals surface area contributed by atoms with Gasteiger partial charge >= 0.3 is 0 Å². The molecule has 0 aromatic rings. The van der Waals surface area contributed by atoms with Crippen molar-refractivity contribution in [3.63, 3.8) is 0 Å². The summed E-state index contributed by atoms with van der Waals surface area (Å²) < 4.78 is 28.0. The van der Waals surface area contributed by atoms with Gasteiger partial charge in [-0.25, -0.2) is 8.78 Å². The fourth-order valence-corrected chi connectivity index (χ4v) is 3.10. The maximum Gasteiger partial charge on any atom is 0.248 e. The number of nitrogens with one attached hydrogen (secondary N) is 1. The molecule has 0 spiro atoms. The second-order valence-corrected chi connectivity index (χ2v) is 7.61. The molecule has 0 aromatic heterocycles. The van der Waals surface area contributed by atoms with Gasteiger partial charge in [0.2, 0.25) is 5.92 Å². The molecule has 0 aromatic carbocycles. The van der Waals surface area contributed by atoms with Crippen molar-refractivity contribution >= 4 is 0 Å². The van der Waals surface area contributed by atoms with Gasteiger partial charge in [0.25, 0.3) is 0 Å². The predicted molar refractivity (Wildman–Crippen MR) is 90.2 cm³/mol. The largest absolute Gasteiger partial charge is 0.386 e. The average molecular weight is 316 g/mol. The number of piperidine rings is 1. The topological polar surface area (TPSA) is 15.3 Å². The Morgan fingerprint density at radius 2 is 1.82 bits per heavy atom. The summed E-state index contributed by atoms with van der Waals surface area (Å²) in [5.74, 6) is -1.96. The number of alkyl halides is 2. The van der Waals surface area contributed by atoms with Crippen LogP contribution in [0.15, 0.2) is 12.3 Å². The summed E-state index contributed by atoms with van der Waals surface area (Å²) in [4.78, 5) is 2.32. The summed E-state index contributed by atoms with van der Waals surface area (Å²) >= 11 is 0. The van der Waals surface area contributed by atoms with Crippen molar-refractivity contribution in [2.75, 3.05) is 19.6 Å². The van der Waals surface area contributed by atoms with Crippen LogP contribution in [0.3, 0.4) is 0 Å². The zero-order valence-electron chi connectivity index (χ0n) is 14.8. The first-order chi connectivity index (χ1) is 10.2. The lowest BCUT2D eigenvalue weighted by Crippen LogP contribution is -2.39. The van der Waals surface area contributed by atoms with E-state index in [1.807, 2.05) is 13.8 Å². The summed E-state index contributed by atoms with van der Waals surface area (Å²) in [7, 11) is 0. The lowest BCUT2D eigenvalue weighted by atomic mass is 9.88. The van der Waals surface area contributed by atoms with E-state index in [-0.39, 0.29) is 18.8 Å². The predicted octanol–water partition coefficient (Wildman–Crippen LogP) is 4.67. The van der Waals surface area contributed by atoms with Gasteiger partial charge in [0, 0.05) is 31.1 Å². The fraction of sp³-hybridized carbons (Fsp3) is 0.889. The van der Waals surface area contributed by atoms with E-state index in [4.69, 9.17) is 0 Å². The van der Waals surface area contributed by atoms with Crippen molar-refractivity contribution in [2.45, 2.75) is 71.8 Å². The van der Waals surface area contributed by atoms with Gasteiger partial charge in [-0.1, -0.05) is 20.4 Å². The molecule has 4 heteroatoms. The maximum absolute atomic E-state index is 14.0. The van der Waals surface area contributed by atoms with Crippen molar-refractivity contribution in [3.05, 3.63) is 12.3 Å². The highest BCUT2D eigenvalue weighted by molar-refractivity contribution is 4.96. The molecule has 130 valence electrons. The number of halogens is 2. The fourth-order valence-electron chi connectivity index (χ4n) is 3.10. The maximum atomic E-state index is 14.0. The van der Waals surface area contributed by atoms with Gasteiger partial charge < -0.3 is 5.32 Å². The molecule has 0 amide bonds. The molecular formula is C18H34F2N2. The molecule has 0 saturated carbocycles. The molecule has 1 N–H and O–H groups in total. The van der Waals surface area contributed by atoms with Crippen LogP contribution in [0.2, 0.25) is 0 Å². The molecule has 0 bridgehead atoms. The number of hydrogen-bond acceptors (Lipinski definition) is 2. The number of likely N-dealkylation sites (tertiary alicyclic amines) is 1. The van der Waals surface area contributed by atoms with Gasteiger partial charge in [-0.3, -0.25) is 4.90 Å². The van der Waals surface area contributed by atoms with Crippen LogP contribution < -0.4 is 5.32 Å². The molecule has 0 radical (unpaired) electrons. The Labute approximate surface area is 135 Å². The van der Waals surface area contributed by atoms with E-state index in [1.54, 1.807) is 0 Å². The third kappa shape index (κ3) is 8.11. The molecule has 1 fully saturated rings. The second kappa shape index (κ2) is 8.85. The van der Waals surface area contributed by atoms with Crippen molar-refractivity contribution < 1.29 is 8.78 Å². The Bertz CT molecular complexity index is 332. The van der Waals surface area contributed by atoms with Crippen molar-refractivity contribution in [2.24, 2.45) is 11.8 Å². The average Bonchev–Trinajstić information content (AvgIpc) is 2.37. The Morgan fingerprint density at radius 3 is 2.32 bits per heavy atom.